The van der Waals surface area contributed by atoms with Gasteiger partial charge in [-0.15, -0.1) is 0 Å². The second-order valence-corrected chi connectivity index (χ2v) is 14.0. The number of nitrogens with two attached hydrogens (primary N) is 1. The molecule has 2 saturated carbocycles. The molecule has 1 heterocycles. The van der Waals surface area contributed by atoms with E-state index in [0.29, 0.717) is 30.0 Å². The summed E-state index contributed by atoms with van der Waals surface area (Å²) in [6.45, 7) is 10.1. The number of aryl methyl sites for hydroxylation is 1. The molecular formula is C37H61N3O2. The Labute approximate surface area is 257 Å². The number of aliphatic imine (C=N–C) groups is 1. The van der Waals surface area contributed by atoms with E-state index in [2.05, 4.69) is 37.8 Å². The summed E-state index contributed by atoms with van der Waals surface area (Å²) in [6.07, 6.45) is 20.1. The van der Waals surface area contributed by atoms with Gasteiger partial charge in [-0.1, -0.05) is 122 Å². The van der Waals surface area contributed by atoms with Crippen LogP contribution in [0.15, 0.2) is 35.3 Å². The van der Waals surface area contributed by atoms with Crippen LogP contribution in [0.1, 0.15) is 136 Å². The zero-order valence-corrected chi connectivity index (χ0v) is 27.4. The average molecular weight is 580 g/mol. The highest BCUT2D eigenvalue weighted by Gasteiger charge is 2.40. The predicted molar refractivity (Wildman–Crippen MR) is 177 cm³/mol. The van der Waals surface area contributed by atoms with E-state index in [1.165, 1.54) is 89.0 Å². The van der Waals surface area contributed by atoms with Gasteiger partial charge in [0.1, 0.15) is 5.54 Å². The Hall–Kier alpha value is -2.17. The molecule has 1 amide bonds. The van der Waals surface area contributed by atoms with E-state index < -0.39 is 5.54 Å². The third kappa shape index (κ3) is 11.2. The van der Waals surface area contributed by atoms with E-state index in [1.807, 2.05) is 18.2 Å². The van der Waals surface area contributed by atoms with Gasteiger partial charge in [0, 0.05) is 25.4 Å². The summed E-state index contributed by atoms with van der Waals surface area (Å²) in [5.41, 5.74) is 6.95. The minimum atomic E-state index is -0.557. The fourth-order valence-corrected chi connectivity index (χ4v) is 7.41. The summed E-state index contributed by atoms with van der Waals surface area (Å²) in [5.74, 6) is 3.48. The summed E-state index contributed by atoms with van der Waals surface area (Å²) < 4.78 is 0. The van der Waals surface area contributed by atoms with Crippen LogP contribution in [0.2, 0.25) is 0 Å². The van der Waals surface area contributed by atoms with Crippen LogP contribution in [-0.2, 0) is 16.0 Å². The molecule has 5 nitrogen and oxygen atoms in total. The number of amides is 1. The number of hydrogen-bond acceptors (Lipinski definition) is 3. The lowest BCUT2D eigenvalue weighted by Crippen LogP contribution is -2.42. The van der Waals surface area contributed by atoms with Crippen LogP contribution in [0.5, 0.6) is 0 Å². The third-order valence-corrected chi connectivity index (χ3v) is 10.1. The molecule has 4 rings (SSSR count). The molecule has 0 aromatic heterocycles. The highest BCUT2D eigenvalue weighted by atomic mass is 16.2. The minimum absolute atomic E-state index is 0.210. The predicted octanol–water partition coefficient (Wildman–Crippen LogP) is 8.54. The second-order valence-electron chi connectivity index (χ2n) is 14.0. The highest BCUT2D eigenvalue weighted by molar-refractivity contribution is 5.91. The molecule has 1 atom stereocenters. The van der Waals surface area contributed by atoms with E-state index in [-0.39, 0.29) is 11.7 Å². The van der Waals surface area contributed by atoms with Gasteiger partial charge in [-0.25, -0.2) is 0 Å². The van der Waals surface area contributed by atoms with Crippen LogP contribution >= 0.6 is 0 Å². The molecule has 1 saturated heterocycles. The van der Waals surface area contributed by atoms with Crippen LogP contribution in [0.25, 0.3) is 0 Å². The number of nitrogens with zero attached hydrogens (tertiary/aromatic N) is 2. The lowest BCUT2D eigenvalue weighted by Gasteiger charge is -2.37. The number of Topliss-reactive ketones (excluding diaryl/α,β-unsaturated/α-hetero) is 1. The lowest BCUT2D eigenvalue weighted by molar-refractivity contribution is -0.130. The number of likely N-dealkylation sites (tertiary alicyclic amines) is 1. The van der Waals surface area contributed by atoms with Crippen LogP contribution in [-0.4, -0.2) is 41.1 Å². The van der Waals surface area contributed by atoms with E-state index in [4.69, 9.17) is 10.7 Å². The third-order valence-electron chi connectivity index (χ3n) is 10.1. The second kappa shape index (κ2) is 17.8. The van der Waals surface area contributed by atoms with Gasteiger partial charge in [0.25, 0.3) is 0 Å². The topological polar surface area (TPSA) is 75.8 Å². The maximum absolute atomic E-state index is 12.8. The number of ketones is 1. The van der Waals surface area contributed by atoms with Crippen molar-refractivity contribution < 1.29 is 9.59 Å². The summed E-state index contributed by atoms with van der Waals surface area (Å²) in [7, 11) is 0. The molecule has 2 aliphatic carbocycles. The van der Waals surface area contributed by atoms with Crippen molar-refractivity contribution in [1.82, 2.24) is 4.90 Å². The van der Waals surface area contributed by atoms with Crippen molar-refractivity contribution in [3.05, 3.63) is 35.9 Å². The molecule has 5 heteroatoms. The summed E-state index contributed by atoms with van der Waals surface area (Å²) in [4.78, 5) is 31.9. The van der Waals surface area contributed by atoms with Gasteiger partial charge < -0.3 is 10.6 Å². The van der Waals surface area contributed by atoms with Crippen LogP contribution < -0.4 is 5.73 Å². The Morgan fingerprint density at radius 1 is 0.905 bits per heavy atom. The van der Waals surface area contributed by atoms with Crippen molar-refractivity contribution in [1.29, 1.82) is 0 Å². The van der Waals surface area contributed by atoms with Gasteiger partial charge in [-0.05, 0) is 62.3 Å². The fraction of sp³-hybridized carbons (Fsp3) is 0.757. The van der Waals surface area contributed by atoms with Gasteiger partial charge in [-0.2, -0.15) is 0 Å². The lowest BCUT2D eigenvalue weighted by atomic mass is 9.71. The van der Waals surface area contributed by atoms with Crippen molar-refractivity contribution in [3.8, 4) is 0 Å². The maximum atomic E-state index is 12.8. The molecule has 0 spiro atoms. The quantitative estimate of drug-likeness (QED) is 0.199. The summed E-state index contributed by atoms with van der Waals surface area (Å²) in [6, 6.07) is 10.3. The van der Waals surface area contributed by atoms with Crippen molar-refractivity contribution >= 4 is 17.5 Å². The van der Waals surface area contributed by atoms with Crippen molar-refractivity contribution in [2.24, 2.45) is 34.4 Å². The molecule has 1 aromatic carbocycles. The van der Waals surface area contributed by atoms with Crippen molar-refractivity contribution in [2.75, 3.05) is 13.1 Å². The SMILES string of the molecule is CC(=O)C(CC1CCCCC1)(CC1CCCCC1)N=C(N)C(C)C.CCCC1CCN(C(=O)CCc2ccccc2)C1. The molecular weight excluding hydrogens is 518 g/mol. The number of hydrogen-bond donors (Lipinski definition) is 1. The molecule has 1 unspecified atom stereocenters. The van der Waals surface area contributed by atoms with Crippen LogP contribution in [0.4, 0.5) is 0 Å². The molecule has 2 N–H and O–H groups in total. The molecule has 236 valence electrons. The molecule has 3 fully saturated rings. The normalized spacial score (nSPS) is 20.8. The number of carbonyl (C=O) groups is 2. The first-order valence-corrected chi connectivity index (χ1v) is 17.4. The highest BCUT2D eigenvalue weighted by Crippen LogP contribution is 2.40. The van der Waals surface area contributed by atoms with E-state index in [1.54, 1.807) is 6.92 Å². The van der Waals surface area contributed by atoms with Crippen LogP contribution in [0, 0.1) is 23.7 Å². The van der Waals surface area contributed by atoms with E-state index in [9.17, 15) is 9.59 Å². The molecule has 42 heavy (non-hydrogen) atoms. The van der Waals surface area contributed by atoms with Gasteiger partial charge >= 0.3 is 0 Å². The Morgan fingerprint density at radius 3 is 1.98 bits per heavy atom. The number of rotatable bonds is 12. The standard InChI is InChI=1S/C21H38N2O.C16H23NO/c1-16(2)20(22)23-21(17(3)24,14-18-10-6-4-7-11-18)15-19-12-8-5-9-13-19;1-2-6-15-11-12-17(13-15)16(18)10-9-14-7-4-3-5-8-14/h16,18-19H,4-15H2,1-3H3,(H2,22,23);3-5,7-8,15H,2,6,9-13H2,1H3. The van der Waals surface area contributed by atoms with Crippen molar-refractivity contribution in [2.45, 2.75) is 142 Å². The monoisotopic (exact) mass is 579 g/mol. The molecule has 3 aliphatic rings. The molecule has 0 bridgehead atoms. The summed E-state index contributed by atoms with van der Waals surface area (Å²) >= 11 is 0. The molecule has 0 radical (unpaired) electrons. The Morgan fingerprint density at radius 2 is 1.48 bits per heavy atom. The Balaban J connectivity index is 0.000000240. The van der Waals surface area contributed by atoms with E-state index >= 15 is 0 Å². The van der Waals surface area contributed by atoms with Crippen molar-refractivity contribution in [3.63, 3.8) is 0 Å². The number of carbonyl (C=O) groups excluding carboxylic acids is 2. The largest absolute Gasteiger partial charge is 0.387 e. The van der Waals surface area contributed by atoms with Gasteiger partial charge in [0.15, 0.2) is 5.78 Å². The molecule has 1 aliphatic heterocycles. The zero-order chi connectivity index (χ0) is 30.4. The maximum Gasteiger partial charge on any atom is 0.222 e. The number of amidine groups is 1. The average Bonchev–Trinajstić information content (AvgIpc) is 3.46. The zero-order valence-electron chi connectivity index (χ0n) is 27.4. The van der Waals surface area contributed by atoms with Gasteiger partial charge in [0.05, 0.1) is 5.84 Å². The van der Waals surface area contributed by atoms with Gasteiger partial charge in [-0.3, -0.25) is 14.6 Å². The Bertz CT molecular complexity index is 940. The fourth-order valence-electron chi connectivity index (χ4n) is 7.41. The van der Waals surface area contributed by atoms with E-state index in [0.717, 1.165) is 38.3 Å². The van der Waals surface area contributed by atoms with Crippen LogP contribution in [0.3, 0.4) is 0 Å². The smallest absolute Gasteiger partial charge is 0.222 e. The first-order valence-electron chi connectivity index (χ1n) is 17.4. The first-order chi connectivity index (χ1) is 20.2. The first kappa shape index (κ1) is 34.3. The number of benzene rings is 1. The molecule has 1 aromatic rings. The minimum Gasteiger partial charge on any atom is -0.387 e. The Kier molecular flexibility index (Phi) is 14.6. The van der Waals surface area contributed by atoms with Gasteiger partial charge in [0.2, 0.25) is 5.91 Å². The summed E-state index contributed by atoms with van der Waals surface area (Å²) in [5, 5.41) is 0.